The number of primary amides is 1. The minimum atomic E-state index is -0.671. The summed E-state index contributed by atoms with van der Waals surface area (Å²) in [6.07, 6.45) is 1.64. The van der Waals surface area contributed by atoms with Gasteiger partial charge in [0, 0.05) is 17.2 Å². The molecule has 1 aromatic rings. The summed E-state index contributed by atoms with van der Waals surface area (Å²) in [4.78, 5) is 15.5. The Morgan fingerprint density at radius 3 is 2.29 bits per heavy atom. The number of hydrogen-bond donors (Lipinski definition) is 3. The number of rotatable bonds is 2. The van der Waals surface area contributed by atoms with Gasteiger partial charge in [0.05, 0.1) is 5.69 Å². The number of amidine groups is 1. The number of aliphatic imine (C=N–C) groups is 1. The average molecular weight is 288 g/mol. The van der Waals surface area contributed by atoms with Crippen LogP contribution in [-0.2, 0) is 0 Å². The Morgan fingerprint density at radius 1 is 1.19 bits per heavy atom. The van der Waals surface area contributed by atoms with E-state index >= 15 is 0 Å². The molecule has 0 fully saturated rings. The van der Waals surface area contributed by atoms with E-state index in [9.17, 15) is 4.79 Å². The Labute approximate surface area is 126 Å². The van der Waals surface area contributed by atoms with Gasteiger partial charge in [0.1, 0.15) is 5.84 Å². The quantitative estimate of drug-likeness (QED) is 0.576. The van der Waals surface area contributed by atoms with Gasteiger partial charge in [-0.3, -0.25) is 5.32 Å². The second-order valence-electron chi connectivity index (χ2n) is 6.10. The molecule has 5 heteroatoms. The van der Waals surface area contributed by atoms with Gasteiger partial charge in [-0.05, 0) is 37.1 Å². The standard InChI is InChI=1S/C16H24N4O/c1-10-6-7-12(8-11(10)2)19-14(20-15(18)21)9-13(17)16(3,4)5/h6-9H,17H2,1-5H3,(H3,18,19,20,21)/b13-9-. The van der Waals surface area contributed by atoms with E-state index in [1.165, 1.54) is 5.56 Å². The van der Waals surface area contributed by atoms with Crippen molar-refractivity contribution >= 4 is 17.6 Å². The first kappa shape index (κ1) is 16.8. The minimum absolute atomic E-state index is 0.219. The molecule has 5 N–H and O–H groups in total. The van der Waals surface area contributed by atoms with E-state index in [-0.39, 0.29) is 5.41 Å². The third-order valence-corrected chi connectivity index (χ3v) is 3.15. The first-order chi connectivity index (χ1) is 9.59. The van der Waals surface area contributed by atoms with Crippen molar-refractivity contribution in [2.24, 2.45) is 21.9 Å². The lowest BCUT2D eigenvalue weighted by Crippen LogP contribution is -2.35. The van der Waals surface area contributed by atoms with Crippen LogP contribution < -0.4 is 16.8 Å². The summed E-state index contributed by atoms with van der Waals surface area (Å²) in [5, 5.41) is 2.50. The number of allylic oxidation sites excluding steroid dienone is 1. The monoisotopic (exact) mass is 288 g/mol. The summed E-state index contributed by atoms with van der Waals surface area (Å²) in [7, 11) is 0. The van der Waals surface area contributed by atoms with Gasteiger partial charge in [0.25, 0.3) is 0 Å². The van der Waals surface area contributed by atoms with Gasteiger partial charge in [-0.1, -0.05) is 26.8 Å². The normalized spacial score (nSPS) is 13.2. The van der Waals surface area contributed by atoms with Crippen LogP contribution in [0.5, 0.6) is 0 Å². The fourth-order valence-corrected chi connectivity index (χ4v) is 1.52. The fourth-order valence-electron chi connectivity index (χ4n) is 1.52. The molecule has 0 saturated heterocycles. The summed E-state index contributed by atoms with van der Waals surface area (Å²) >= 11 is 0. The number of nitrogens with zero attached hydrogens (tertiary/aromatic N) is 1. The van der Waals surface area contributed by atoms with Gasteiger partial charge in [-0.25, -0.2) is 9.79 Å². The molecule has 0 radical (unpaired) electrons. The lowest BCUT2D eigenvalue weighted by Gasteiger charge is -2.19. The maximum Gasteiger partial charge on any atom is 0.317 e. The van der Waals surface area contributed by atoms with Crippen molar-refractivity contribution in [3.05, 3.63) is 41.1 Å². The number of carbonyl (C=O) groups excluding carboxylic acids is 1. The Hall–Kier alpha value is -2.30. The van der Waals surface area contributed by atoms with E-state index in [1.807, 2.05) is 52.8 Å². The Kier molecular flexibility index (Phi) is 5.13. The number of carbonyl (C=O) groups is 1. The van der Waals surface area contributed by atoms with Crippen molar-refractivity contribution in [2.45, 2.75) is 34.6 Å². The molecule has 21 heavy (non-hydrogen) atoms. The average Bonchev–Trinajstić information content (AvgIpc) is 2.31. The van der Waals surface area contributed by atoms with Crippen LogP contribution in [0.4, 0.5) is 10.5 Å². The summed E-state index contributed by atoms with van der Waals surface area (Å²) in [5.74, 6) is 0.332. The molecule has 0 bridgehead atoms. The maximum atomic E-state index is 11.1. The van der Waals surface area contributed by atoms with E-state index in [1.54, 1.807) is 6.08 Å². The molecule has 0 aliphatic carbocycles. The Bertz CT molecular complexity index is 595. The molecule has 0 spiro atoms. The first-order valence-corrected chi connectivity index (χ1v) is 6.79. The van der Waals surface area contributed by atoms with Crippen LogP contribution in [0, 0.1) is 19.3 Å². The second-order valence-corrected chi connectivity index (χ2v) is 6.10. The topological polar surface area (TPSA) is 93.5 Å². The van der Waals surface area contributed by atoms with E-state index in [2.05, 4.69) is 10.3 Å². The molecule has 0 heterocycles. The smallest absolute Gasteiger partial charge is 0.317 e. The van der Waals surface area contributed by atoms with Crippen molar-refractivity contribution < 1.29 is 4.79 Å². The van der Waals surface area contributed by atoms with E-state index in [0.717, 1.165) is 11.3 Å². The number of amides is 2. The molecule has 0 atom stereocenters. The molecular weight excluding hydrogens is 264 g/mol. The van der Waals surface area contributed by atoms with Gasteiger partial charge < -0.3 is 11.5 Å². The first-order valence-electron chi connectivity index (χ1n) is 6.79. The Morgan fingerprint density at radius 2 is 1.81 bits per heavy atom. The molecule has 0 aromatic heterocycles. The lowest BCUT2D eigenvalue weighted by atomic mass is 9.92. The van der Waals surface area contributed by atoms with Crippen LogP contribution in [0.15, 0.2) is 35.0 Å². The zero-order valence-corrected chi connectivity index (χ0v) is 13.3. The van der Waals surface area contributed by atoms with Crippen molar-refractivity contribution in [1.29, 1.82) is 0 Å². The Balaban J connectivity index is 3.21. The summed E-state index contributed by atoms with van der Waals surface area (Å²) in [5.41, 5.74) is 14.6. The van der Waals surface area contributed by atoms with Crippen LogP contribution >= 0.6 is 0 Å². The van der Waals surface area contributed by atoms with Crippen LogP contribution in [0.1, 0.15) is 31.9 Å². The lowest BCUT2D eigenvalue weighted by molar-refractivity contribution is 0.253. The van der Waals surface area contributed by atoms with Crippen LogP contribution in [0.25, 0.3) is 0 Å². The highest BCUT2D eigenvalue weighted by Crippen LogP contribution is 2.21. The van der Waals surface area contributed by atoms with Crippen LogP contribution in [0.3, 0.4) is 0 Å². The zero-order chi connectivity index (χ0) is 16.2. The molecule has 0 aliphatic rings. The number of nitrogens with two attached hydrogens (primary N) is 2. The maximum absolute atomic E-state index is 11.1. The molecule has 0 aliphatic heterocycles. The molecule has 114 valence electrons. The van der Waals surface area contributed by atoms with E-state index in [0.29, 0.717) is 11.5 Å². The predicted octanol–water partition coefficient (Wildman–Crippen LogP) is 2.89. The third-order valence-electron chi connectivity index (χ3n) is 3.15. The van der Waals surface area contributed by atoms with Gasteiger partial charge in [0.15, 0.2) is 0 Å². The van der Waals surface area contributed by atoms with Gasteiger partial charge >= 0.3 is 6.03 Å². The van der Waals surface area contributed by atoms with E-state index in [4.69, 9.17) is 11.5 Å². The summed E-state index contributed by atoms with van der Waals surface area (Å²) in [6, 6.07) is 5.13. The molecule has 5 nitrogen and oxygen atoms in total. The molecule has 2 amide bonds. The van der Waals surface area contributed by atoms with Gasteiger partial charge in [0.2, 0.25) is 0 Å². The van der Waals surface area contributed by atoms with Crippen LogP contribution in [0.2, 0.25) is 0 Å². The molecular formula is C16H24N4O. The number of aryl methyl sites for hydroxylation is 2. The summed E-state index contributed by atoms with van der Waals surface area (Å²) in [6.45, 7) is 9.99. The summed E-state index contributed by atoms with van der Waals surface area (Å²) < 4.78 is 0. The number of nitrogens with one attached hydrogen (secondary N) is 1. The van der Waals surface area contributed by atoms with Crippen LogP contribution in [-0.4, -0.2) is 11.9 Å². The molecule has 0 saturated carbocycles. The molecule has 0 unspecified atom stereocenters. The minimum Gasteiger partial charge on any atom is -0.401 e. The number of benzene rings is 1. The van der Waals surface area contributed by atoms with Crippen molar-refractivity contribution in [2.75, 3.05) is 0 Å². The highest BCUT2D eigenvalue weighted by atomic mass is 16.2. The van der Waals surface area contributed by atoms with Gasteiger partial charge in [-0.2, -0.15) is 0 Å². The largest absolute Gasteiger partial charge is 0.401 e. The SMILES string of the molecule is Cc1ccc(N=C(/C=C(\N)C(C)(C)C)NC(N)=O)cc1C. The van der Waals surface area contributed by atoms with Crippen molar-refractivity contribution in [3.8, 4) is 0 Å². The van der Waals surface area contributed by atoms with Crippen molar-refractivity contribution in [1.82, 2.24) is 5.32 Å². The van der Waals surface area contributed by atoms with Crippen molar-refractivity contribution in [3.63, 3.8) is 0 Å². The van der Waals surface area contributed by atoms with Gasteiger partial charge in [-0.15, -0.1) is 0 Å². The highest BCUT2D eigenvalue weighted by molar-refractivity contribution is 6.04. The van der Waals surface area contributed by atoms with E-state index < -0.39 is 6.03 Å². The predicted molar refractivity (Wildman–Crippen MR) is 87.5 cm³/mol. The highest BCUT2D eigenvalue weighted by Gasteiger charge is 2.15. The zero-order valence-electron chi connectivity index (χ0n) is 13.3. The number of urea groups is 1. The molecule has 1 rings (SSSR count). The second kappa shape index (κ2) is 6.43. The fraction of sp³-hybridized carbons (Fsp3) is 0.375. The third kappa shape index (κ3) is 5.30. The number of hydrogen-bond acceptors (Lipinski definition) is 3. The molecule has 1 aromatic carbocycles.